The fourth-order valence-electron chi connectivity index (χ4n) is 2.57. The SMILES string of the molecule is O=c1c2c([nH]n1C1CCOCC1)CNCC2. The molecule has 0 radical (unpaired) electrons. The maximum atomic E-state index is 12.2. The van der Waals surface area contributed by atoms with Gasteiger partial charge in [-0.15, -0.1) is 0 Å². The maximum absolute atomic E-state index is 12.2. The predicted octanol–water partition coefficient (Wildman–Crippen LogP) is 0.174. The first-order valence-electron chi connectivity index (χ1n) is 5.97. The van der Waals surface area contributed by atoms with Crippen LogP contribution in [0.5, 0.6) is 0 Å². The molecule has 1 saturated heterocycles. The molecule has 3 rings (SSSR count). The second-order valence-electron chi connectivity index (χ2n) is 4.51. The molecule has 0 bridgehead atoms. The van der Waals surface area contributed by atoms with Crippen LogP contribution in [0.3, 0.4) is 0 Å². The number of hydrogen-bond donors (Lipinski definition) is 2. The summed E-state index contributed by atoms with van der Waals surface area (Å²) < 4.78 is 7.14. The molecule has 0 amide bonds. The lowest BCUT2D eigenvalue weighted by molar-refractivity contribution is 0.0652. The first kappa shape index (κ1) is 10.1. The zero-order valence-corrected chi connectivity index (χ0v) is 9.29. The van der Waals surface area contributed by atoms with E-state index in [1.54, 1.807) is 0 Å². The Morgan fingerprint density at radius 2 is 2.12 bits per heavy atom. The van der Waals surface area contributed by atoms with E-state index in [-0.39, 0.29) is 5.56 Å². The van der Waals surface area contributed by atoms with Gasteiger partial charge >= 0.3 is 0 Å². The maximum Gasteiger partial charge on any atom is 0.270 e. The number of H-pyrrole nitrogens is 1. The summed E-state index contributed by atoms with van der Waals surface area (Å²) in [5.74, 6) is 0. The van der Waals surface area contributed by atoms with Crippen molar-refractivity contribution in [3.63, 3.8) is 0 Å². The Bertz CT molecular complexity index is 429. The van der Waals surface area contributed by atoms with Crippen molar-refractivity contribution in [3.8, 4) is 0 Å². The van der Waals surface area contributed by atoms with E-state index in [0.717, 1.165) is 56.8 Å². The number of ether oxygens (including phenoxy) is 1. The average Bonchev–Trinajstić information content (AvgIpc) is 2.69. The van der Waals surface area contributed by atoms with Gasteiger partial charge < -0.3 is 10.1 Å². The fourth-order valence-corrected chi connectivity index (χ4v) is 2.57. The summed E-state index contributed by atoms with van der Waals surface area (Å²) in [5, 5.41) is 6.53. The molecule has 1 aromatic heterocycles. The molecule has 0 atom stereocenters. The van der Waals surface area contributed by atoms with Gasteiger partial charge in [0.1, 0.15) is 0 Å². The lowest BCUT2D eigenvalue weighted by Gasteiger charge is -2.22. The Kier molecular flexibility index (Phi) is 2.57. The third kappa shape index (κ3) is 1.60. The second kappa shape index (κ2) is 4.07. The summed E-state index contributed by atoms with van der Waals surface area (Å²) in [6.07, 6.45) is 2.72. The molecule has 1 aromatic rings. The average molecular weight is 223 g/mol. The molecule has 2 N–H and O–H groups in total. The van der Waals surface area contributed by atoms with E-state index in [2.05, 4.69) is 10.4 Å². The predicted molar refractivity (Wildman–Crippen MR) is 59.6 cm³/mol. The number of nitrogens with one attached hydrogen (secondary N) is 2. The summed E-state index contributed by atoms with van der Waals surface area (Å²) >= 11 is 0. The quantitative estimate of drug-likeness (QED) is 0.713. The van der Waals surface area contributed by atoms with Crippen molar-refractivity contribution in [2.75, 3.05) is 19.8 Å². The molecular formula is C11H17N3O2. The van der Waals surface area contributed by atoms with Crippen molar-refractivity contribution >= 4 is 0 Å². The number of aromatic nitrogens is 2. The van der Waals surface area contributed by atoms with Crippen molar-refractivity contribution in [2.24, 2.45) is 0 Å². The normalized spacial score (nSPS) is 22.0. The van der Waals surface area contributed by atoms with Crippen LogP contribution in [0.15, 0.2) is 4.79 Å². The van der Waals surface area contributed by atoms with E-state index in [4.69, 9.17) is 4.74 Å². The van der Waals surface area contributed by atoms with E-state index in [1.165, 1.54) is 0 Å². The zero-order valence-electron chi connectivity index (χ0n) is 9.29. The second-order valence-corrected chi connectivity index (χ2v) is 4.51. The molecule has 0 aliphatic carbocycles. The number of rotatable bonds is 1. The highest BCUT2D eigenvalue weighted by Gasteiger charge is 2.23. The van der Waals surface area contributed by atoms with Crippen molar-refractivity contribution < 1.29 is 4.74 Å². The van der Waals surface area contributed by atoms with Gasteiger partial charge in [-0.2, -0.15) is 0 Å². The van der Waals surface area contributed by atoms with Crippen LogP contribution in [0.25, 0.3) is 0 Å². The van der Waals surface area contributed by atoms with Crippen molar-refractivity contribution in [1.82, 2.24) is 15.1 Å². The Morgan fingerprint density at radius 1 is 1.31 bits per heavy atom. The minimum Gasteiger partial charge on any atom is -0.381 e. The van der Waals surface area contributed by atoms with Crippen LogP contribution in [0.4, 0.5) is 0 Å². The zero-order chi connectivity index (χ0) is 11.0. The Morgan fingerprint density at radius 3 is 2.88 bits per heavy atom. The molecule has 0 unspecified atom stereocenters. The molecule has 3 heterocycles. The molecule has 2 aliphatic heterocycles. The lowest BCUT2D eigenvalue weighted by Crippen LogP contribution is -2.30. The van der Waals surface area contributed by atoms with Gasteiger partial charge in [0.25, 0.3) is 5.56 Å². The molecular weight excluding hydrogens is 206 g/mol. The number of nitrogens with zero attached hydrogens (tertiary/aromatic N) is 1. The van der Waals surface area contributed by atoms with Crippen LogP contribution in [-0.2, 0) is 17.7 Å². The van der Waals surface area contributed by atoms with E-state index >= 15 is 0 Å². The van der Waals surface area contributed by atoms with Gasteiger partial charge in [-0.25, -0.2) is 4.68 Å². The van der Waals surface area contributed by atoms with Gasteiger partial charge in [0.05, 0.1) is 11.7 Å². The van der Waals surface area contributed by atoms with Gasteiger partial charge in [-0.05, 0) is 25.8 Å². The highest BCUT2D eigenvalue weighted by molar-refractivity contribution is 5.20. The first-order chi connectivity index (χ1) is 7.86. The summed E-state index contributed by atoms with van der Waals surface area (Å²) in [4.78, 5) is 12.2. The molecule has 5 nitrogen and oxygen atoms in total. The van der Waals surface area contributed by atoms with Gasteiger partial charge in [0.15, 0.2) is 0 Å². The largest absolute Gasteiger partial charge is 0.381 e. The molecule has 0 spiro atoms. The Balaban J connectivity index is 1.94. The first-order valence-corrected chi connectivity index (χ1v) is 5.97. The van der Waals surface area contributed by atoms with Crippen molar-refractivity contribution in [3.05, 3.63) is 21.6 Å². The highest BCUT2D eigenvalue weighted by Crippen LogP contribution is 2.19. The molecule has 0 saturated carbocycles. The molecule has 88 valence electrons. The number of aromatic amines is 1. The number of hydrogen-bond acceptors (Lipinski definition) is 3. The monoisotopic (exact) mass is 223 g/mol. The molecule has 16 heavy (non-hydrogen) atoms. The minimum absolute atomic E-state index is 0.184. The Hall–Kier alpha value is -1.07. The molecule has 2 aliphatic rings. The van der Waals surface area contributed by atoms with E-state index in [9.17, 15) is 4.79 Å². The van der Waals surface area contributed by atoms with Crippen LogP contribution in [0.1, 0.15) is 30.1 Å². The highest BCUT2D eigenvalue weighted by atomic mass is 16.5. The number of fused-ring (bicyclic) bond motifs is 1. The van der Waals surface area contributed by atoms with E-state index in [0.29, 0.717) is 6.04 Å². The third-order valence-corrected chi connectivity index (χ3v) is 3.51. The standard InChI is InChI=1S/C11H17N3O2/c15-11-9-1-4-12-7-10(9)13-14(11)8-2-5-16-6-3-8/h8,12-13H,1-7H2. The van der Waals surface area contributed by atoms with Gasteiger partial charge in [-0.1, -0.05) is 0 Å². The summed E-state index contributed by atoms with van der Waals surface area (Å²) in [6.45, 7) is 3.23. The smallest absolute Gasteiger partial charge is 0.270 e. The van der Waals surface area contributed by atoms with Gasteiger partial charge in [-0.3, -0.25) is 9.89 Å². The third-order valence-electron chi connectivity index (χ3n) is 3.51. The van der Waals surface area contributed by atoms with E-state index < -0.39 is 0 Å². The molecule has 5 heteroatoms. The van der Waals surface area contributed by atoms with Crippen LogP contribution in [0, 0.1) is 0 Å². The topological polar surface area (TPSA) is 59.0 Å². The van der Waals surface area contributed by atoms with Crippen molar-refractivity contribution in [2.45, 2.75) is 31.8 Å². The van der Waals surface area contributed by atoms with Gasteiger partial charge in [0.2, 0.25) is 0 Å². The molecule has 0 aromatic carbocycles. The van der Waals surface area contributed by atoms with Crippen LogP contribution in [0.2, 0.25) is 0 Å². The van der Waals surface area contributed by atoms with Crippen LogP contribution in [-0.4, -0.2) is 29.5 Å². The summed E-state index contributed by atoms with van der Waals surface area (Å²) in [7, 11) is 0. The van der Waals surface area contributed by atoms with Crippen LogP contribution >= 0.6 is 0 Å². The van der Waals surface area contributed by atoms with Crippen LogP contribution < -0.4 is 10.9 Å². The fraction of sp³-hybridized carbons (Fsp3) is 0.727. The van der Waals surface area contributed by atoms with Gasteiger partial charge in [0, 0.05) is 25.3 Å². The minimum atomic E-state index is 0.184. The summed E-state index contributed by atoms with van der Waals surface area (Å²) in [5.41, 5.74) is 2.23. The van der Waals surface area contributed by atoms with E-state index in [1.807, 2.05) is 4.68 Å². The van der Waals surface area contributed by atoms with Crippen molar-refractivity contribution in [1.29, 1.82) is 0 Å². The molecule has 1 fully saturated rings. The lowest BCUT2D eigenvalue weighted by atomic mass is 10.1. The Labute approximate surface area is 93.8 Å². The summed E-state index contributed by atoms with van der Waals surface area (Å²) in [6, 6.07) is 0.298.